The number of hydrogen-bond donors (Lipinski definition) is 3. The fourth-order valence-corrected chi connectivity index (χ4v) is 3.81. The highest BCUT2D eigenvalue weighted by Gasteiger charge is 2.24. The lowest BCUT2D eigenvalue weighted by Crippen LogP contribution is -2.50. The van der Waals surface area contributed by atoms with Gasteiger partial charge in [-0.1, -0.05) is 19.9 Å². The molecular weight excluding hydrogens is 348 g/mol. The van der Waals surface area contributed by atoms with Crippen molar-refractivity contribution < 1.29 is 9.84 Å². The van der Waals surface area contributed by atoms with Crippen LogP contribution >= 0.6 is 11.3 Å². The van der Waals surface area contributed by atoms with Crippen LogP contribution < -0.4 is 10.6 Å². The maximum Gasteiger partial charge on any atom is 0.191 e. The highest BCUT2D eigenvalue weighted by molar-refractivity contribution is 7.10. The van der Waals surface area contributed by atoms with Crippen molar-refractivity contribution in [2.75, 3.05) is 45.9 Å². The number of rotatable bonds is 8. The van der Waals surface area contributed by atoms with E-state index in [1.54, 1.807) is 18.3 Å². The second-order valence-corrected chi connectivity index (χ2v) is 8.42. The Hall–Kier alpha value is -1.15. The summed E-state index contributed by atoms with van der Waals surface area (Å²) < 4.78 is 5.89. The summed E-state index contributed by atoms with van der Waals surface area (Å²) in [6.45, 7) is 14.0. The predicted octanol–water partition coefficient (Wildman–Crippen LogP) is 1.87. The molecule has 1 saturated heterocycles. The summed E-state index contributed by atoms with van der Waals surface area (Å²) in [6.07, 6.45) is 0.157. The zero-order chi connectivity index (χ0) is 19.0. The lowest BCUT2D eigenvalue weighted by molar-refractivity contribution is -0.0284. The molecule has 2 rings (SSSR count). The maximum absolute atomic E-state index is 10.6. The van der Waals surface area contributed by atoms with Crippen LogP contribution in [0, 0.1) is 5.92 Å². The molecule has 0 aliphatic carbocycles. The lowest BCUT2D eigenvalue weighted by atomic mass is 10.1. The minimum atomic E-state index is -0.952. The SMILES string of the molecule is CCNC(=NCC(C)(O)c1cccs1)NCC1CN(CC(C)C)CCO1. The summed E-state index contributed by atoms with van der Waals surface area (Å²) in [5, 5.41) is 19.2. The first-order valence-corrected chi connectivity index (χ1v) is 10.4. The third-order valence-electron chi connectivity index (χ3n) is 4.28. The molecule has 1 fully saturated rings. The maximum atomic E-state index is 10.6. The van der Waals surface area contributed by atoms with Gasteiger partial charge in [-0.25, -0.2) is 4.99 Å². The van der Waals surface area contributed by atoms with Crippen LogP contribution in [0.4, 0.5) is 0 Å². The van der Waals surface area contributed by atoms with Crippen LogP contribution in [0.25, 0.3) is 0 Å². The lowest BCUT2D eigenvalue weighted by Gasteiger charge is -2.34. The summed E-state index contributed by atoms with van der Waals surface area (Å²) in [4.78, 5) is 7.97. The average molecular weight is 383 g/mol. The minimum absolute atomic E-state index is 0.157. The molecule has 0 spiro atoms. The zero-order valence-corrected chi connectivity index (χ0v) is 17.3. The van der Waals surface area contributed by atoms with Gasteiger partial charge in [0.25, 0.3) is 0 Å². The topological polar surface area (TPSA) is 69.1 Å². The second-order valence-electron chi connectivity index (χ2n) is 7.47. The van der Waals surface area contributed by atoms with Crippen LogP contribution in [-0.4, -0.2) is 67.9 Å². The smallest absolute Gasteiger partial charge is 0.191 e. The van der Waals surface area contributed by atoms with Gasteiger partial charge in [0, 0.05) is 37.6 Å². The Labute approximate surface area is 161 Å². The van der Waals surface area contributed by atoms with E-state index >= 15 is 0 Å². The van der Waals surface area contributed by atoms with E-state index < -0.39 is 5.60 Å². The van der Waals surface area contributed by atoms with Crippen molar-refractivity contribution >= 4 is 17.3 Å². The highest BCUT2D eigenvalue weighted by Crippen LogP contribution is 2.25. The molecule has 0 amide bonds. The molecule has 0 saturated carbocycles. The molecule has 0 aromatic carbocycles. The van der Waals surface area contributed by atoms with Crippen LogP contribution in [0.1, 0.15) is 32.6 Å². The van der Waals surface area contributed by atoms with Crippen LogP contribution in [0.5, 0.6) is 0 Å². The van der Waals surface area contributed by atoms with Gasteiger partial charge in [-0.3, -0.25) is 4.90 Å². The molecule has 7 heteroatoms. The first-order chi connectivity index (χ1) is 12.4. The molecule has 26 heavy (non-hydrogen) atoms. The van der Waals surface area contributed by atoms with E-state index in [0.29, 0.717) is 25.0 Å². The molecular formula is C19H34N4O2S. The summed E-state index contributed by atoms with van der Waals surface area (Å²) in [5.74, 6) is 1.38. The van der Waals surface area contributed by atoms with Crippen LogP contribution in [-0.2, 0) is 10.3 Å². The van der Waals surface area contributed by atoms with Gasteiger partial charge >= 0.3 is 0 Å². The second kappa shape index (κ2) is 10.3. The van der Waals surface area contributed by atoms with Crippen molar-refractivity contribution in [3.63, 3.8) is 0 Å². The number of ether oxygens (including phenoxy) is 1. The molecule has 2 heterocycles. The summed E-state index contributed by atoms with van der Waals surface area (Å²) in [5.41, 5.74) is -0.952. The van der Waals surface area contributed by atoms with Gasteiger partial charge in [0.05, 0.1) is 19.3 Å². The van der Waals surface area contributed by atoms with Crippen molar-refractivity contribution in [2.24, 2.45) is 10.9 Å². The molecule has 0 bridgehead atoms. The fraction of sp³-hybridized carbons (Fsp3) is 0.737. The van der Waals surface area contributed by atoms with Gasteiger partial charge < -0.3 is 20.5 Å². The average Bonchev–Trinajstić information content (AvgIpc) is 3.13. The Balaban J connectivity index is 1.87. The standard InChI is InChI=1S/C19H34N4O2S/c1-5-20-18(22-14-19(4,24)17-7-6-10-26-17)21-11-16-13-23(8-9-25-16)12-15(2)3/h6-7,10,15-16,24H,5,8-9,11-14H2,1-4H3,(H2,20,21,22). The van der Waals surface area contributed by atoms with E-state index in [1.165, 1.54) is 0 Å². The third-order valence-corrected chi connectivity index (χ3v) is 5.41. The molecule has 3 N–H and O–H groups in total. The van der Waals surface area contributed by atoms with Gasteiger partial charge in [0.1, 0.15) is 5.60 Å². The van der Waals surface area contributed by atoms with E-state index in [2.05, 4.69) is 34.4 Å². The number of nitrogens with zero attached hydrogens (tertiary/aromatic N) is 2. The van der Waals surface area contributed by atoms with Crippen molar-refractivity contribution in [3.05, 3.63) is 22.4 Å². The van der Waals surface area contributed by atoms with Crippen LogP contribution in [0.3, 0.4) is 0 Å². The largest absolute Gasteiger partial charge is 0.383 e. The minimum Gasteiger partial charge on any atom is -0.383 e. The van der Waals surface area contributed by atoms with Crippen molar-refractivity contribution in [3.8, 4) is 0 Å². The molecule has 0 radical (unpaired) electrons. The Bertz CT molecular complexity index is 546. The first-order valence-electron chi connectivity index (χ1n) is 9.53. The normalized spacial score (nSPS) is 21.6. The van der Waals surface area contributed by atoms with E-state index in [9.17, 15) is 5.11 Å². The summed E-state index contributed by atoms with van der Waals surface area (Å²) in [6, 6.07) is 3.89. The first kappa shape index (κ1) is 21.2. The molecule has 1 aliphatic heterocycles. The molecule has 1 aliphatic rings. The van der Waals surface area contributed by atoms with E-state index in [-0.39, 0.29) is 6.10 Å². The Morgan fingerprint density at radius 3 is 2.96 bits per heavy atom. The Morgan fingerprint density at radius 1 is 1.50 bits per heavy atom. The van der Waals surface area contributed by atoms with E-state index in [1.807, 2.05) is 24.4 Å². The number of morpholine rings is 1. The van der Waals surface area contributed by atoms with Gasteiger partial charge in [0.15, 0.2) is 5.96 Å². The van der Waals surface area contributed by atoms with Crippen molar-refractivity contribution in [1.82, 2.24) is 15.5 Å². The molecule has 1 aromatic heterocycles. The number of aliphatic imine (C=N–C) groups is 1. The number of aliphatic hydroxyl groups is 1. The number of nitrogens with one attached hydrogen (secondary N) is 2. The number of guanidine groups is 1. The van der Waals surface area contributed by atoms with Gasteiger partial charge in [-0.15, -0.1) is 11.3 Å². The fourth-order valence-electron chi connectivity index (χ4n) is 3.03. The van der Waals surface area contributed by atoms with Crippen molar-refractivity contribution in [1.29, 1.82) is 0 Å². The zero-order valence-electron chi connectivity index (χ0n) is 16.5. The molecule has 1 aromatic rings. The molecule has 6 nitrogen and oxygen atoms in total. The highest BCUT2D eigenvalue weighted by atomic mass is 32.1. The molecule has 148 valence electrons. The monoisotopic (exact) mass is 382 g/mol. The van der Waals surface area contributed by atoms with Gasteiger partial charge in [-0.2, -0.15) is 0 Å². The van der Waals surface area contributed by atoms with Gasteiger partial charge in [0.2, 0.25) is 0 Å². The van der Waals surface area contributed by atoms with Crippen LogP contribution in [0.2, 0.25) is 0 Å². The molecule has 2 atom stereocenters. The van der Waals surface area contributed by atoms with Gasteiger partial charge in [-0.05, 0) is 31.2 Å². The molecule has 2 unspecified atom stereocenters. The van der Waals surface area contributed by atoms with Crippen LogP contribution in [0.15, 0.2) is 22.5 Å². The Morgan fingerprint density at radius 2 is 2.31 bits per heavy atom. The van der Waals surface area contributed by atoms with Crippen molar-refractivity contribution in [2.45, 2.75) is 39.4 Å². The van der Waals surface area contributed by atoms with E-state index in [0.717, 1.165) is 37.7 Å². The predicted molar refractivity (Wildman–Crippen MR) is 109 cm³/mol. The number of thiophene rings is 1. The summed E-state index contributed by atoms with van der Waals surface area (Å²) in [7, 11) is 0. The Kier molecular flexibility index (Phi) is 8.34. The third kappa shape index (κ3) is 6.87. The summed E-state index contributed by atoms with van der Waals surface area (Å²) >= 11 is 1.55. The number of hydrogen-bond acceptors (Lipinski definition) is 5. The quantitative estimate of drug-likeness (QED) is 0.473. The van der Waals surface area contributed by atoms with E-state index in [4.69, 9.17) is 4.74 Å².